The second-order valence-electron chi connectivity index (χ2n) is 4.50. The molecule has 1 atom stereocenters. The summed E-state index contributed by atoms with van der Waals surface area (Å²) in [6.45, 7) is 2.27. The van der Waals surface area contributed by atoms with Gasteiger partial charge < -0.3 is 15.2 Å². The summed E-state index contributed by atoms with van der Waals surface area (Å²) < 4.78 is 18.4. The van der Waals surface area contributed by atoms with Gasteiger partial charge in [-0.1, -0.05) is 18.8 Å². The van der Waals surface area contributed by atoms with E-state index in [-0.39, 0.29) is 24.1 Å². The molecule has 0 saturated carbocycles. The molecule has 0 spiro atoms. The van der Waals surface area contributed by atoms with Crippen molar-refractivity contribution in [3.8, 4) is 11.8 Å². The highest BCUT2D eigenvalue weighted by atomic mass is 19.1. The van der Waals surface area contributed by atoms with Crippen molar-refractivity contribution in [1.29, 1.82) is 0 Å². The minimum atomic E-state index is -0.493. The third-order valence-electron chi connectivity index (χ3n) is 2.88. The number of hydrogen-bond donors (Lipinski definition) is 2. The number of benzene rings is 1. The Bertz CT molecular complexity index is 534. The van der Waals surface area contributed by atoms with E-state index >= 15 is 0 Å². The molecule has 1 unspecified atom stereocenters. The third-order valence-corrected chi connectivity index (χ3v) is 2.88. The van der Waals surface area contributed by atoms with Crippen LogP contribution in [0, 0.1) is 17.7 Å². The number of amides is 1. The van der Waals surface area contributed by atoms with Crippen molar-refractivity contribution < 1.29 is 19.0 Å². The van der Waals surface area contributed by atoms with Crippen LogP contribution in [0.2, 0.25) is 0 Å². The van der Waals surface area contributed by atoms with E-state index in [2.05, 4.69) is 17.2 Å². The van der Waals surface area contributed by atoms with E-state index in [0.717, 1.165) is 6.07 Å². The SMILES string of the molecule is CCC(COC)NC(=O)c1cc(F)ccc1C#CCCO. The minimum absolute atomic E-state index is 0.0541. The van der Waals surface area contributed by atoms with Crippen molar-refractivity contribution in [2.75, 3.05) is 20.3 Å². The van der Waals surface area contributed by atoms with E-state index in [0.29, 0.717) is 25.0 Å². The Morgan fingerprint density at radius 1 is 1.52 bits per heavy atom. The molecule has 1 aromatic carbocycles. The summed E-state index contributed by atoms with van der Waals surface area (Å²) in [6.07, 6.45) is 1.01. The lowest BCUT2D eigenvalue weighted by atomic mass is 10.1. The average molecular weight is 293 g/mol. The number of aliphatic hydroxyl groups excluding tert-OH is 1. The van der Waals surface area contributed by atoms with Crippen molar-refractivity contribution >= 4 is 5.91 Å². The molecule has 0 fully saturated rings. The van der Waals surface area contributed by atoms with Crippen LogP contribution >= 0.6 is 0 Å². The molecule has 4 nitrogen and oxygen atoms in total. The molecule has 1 rings (SSSR count). The summed E-state index contributed by atoms with van der Waals surface area (Å²) in [5.74, 6) is 4.63. The zero-order valence-electron chi connectivity index (χ0n) is 12.3. The Balaban J connectivity index is 2.96. The lowest BCUT2D eigenvalue weighted by Gasteiger charge is -2.16. The van der Waals surface area contributed by atoms with Gasteiger partial charge in [0.05, 0.1) is 24.8 Å². The summed E-state index contributed by atoms with van der Waals surface area (Å²) in [5, 5.41) is 11.5. The van der Waals surface area contributed by atoms with Crippen LogP contribution in [0.5, 0.6) is 0 Å². The maximum atomic E-state index is 13.4. The number of methoxy groups -OCH3 is 1. The number of nitrogens with one attached hydrogen (secondary N) is 1. The quantitative estimate of drug-likeness (QED) is 0.785. The maximum Gasteiger partial charge on any atom is 0.252 e. The third kappa shape index (κ3) is 5.54. The lowest BCUT2D eigenvalue weighted by Crippen LogP contribution is -2.37. The first-order valence-corrected chi connectivity index (χ1v) is 6.81. The molecule has 1 aromatic rings. The fourth-order valence-electron chi connectivity index (χ4n) is 1.75. The van der Waals surface area contributed by atoms with E-state index in [9.17, 15) is 9.18 Å². The topological polar surface area (TPSA) is 58.6 Å². The van der Waals surface area contributed by atoms with Crippen LogP contribution in [-0.2, 0) is 4.74 Å². The Hall–Kier alpha value is -1.90. The van der Waals surface area contributed by atoms with Gasteiger partial charge in [0, 0.05) is 19.1 Å². The first-order chi connectivity index (χ1) is 10.1. The van der Waals surface area contributed by atoms with Crippen LogP contribution in [-0.4, -0.2) is 37.4 Å². The molecule has 0 bridgehead atoms. The molecular weight excluding hydrogens is 273 g/mol. The maximum absolute atomic E-state index is 13.4. The molecule has 0 aromatic heterocycles. The number of halogens is 1. The predicted octanol–water partition coefficient (Wildman–Crippen LogP) is 1.71. The molecular formula is C16H20FNO3. The van der Waals surface area contributed by atoms with Crippen LogP contribution in [0.15, 0.2) is 18.2 Å². The molecule has 0 aliphatic heterocycles. The van der Waals surface area contributed by atoms with E-state index in [4.69, 9.17) is 9.84 Å². The zero-order valence-corrected chi connectivity index (χ0v) is 12.3. The van der Waals surface area contributed by atoms with Crippen molar-refractivity contribution in [3.05, 3.63) is 35.1 Å². The molecule has 1 amide bonds. The molecule has 5 heteroatoms. The first-order valence-electron chi connectivity index (χ1n) is 6.81. The first kappa shape index (κ1) is 17.2. The molecule has 0 aliphatic rings. The minimum Gasteiger partial charge on any atom is -0.395 e. The van der Waals surface area contributed by atoms with Gasteiger partial charge in [-0.2, -0.15) is 0 Å². The highest BCUT2D eigenvalue weighted by Crippen LogP contribution is 2.11. The molecule has 2 N–H and O–H groups in total. The standard InChI is InChI=1S/C16H20FNO3/c1-3-14(11-21-2)18-16(20)15-10-13(17)8-7-12(15)6-4-5-9-19/h7-8,10,14,19H,3,5,9,11H2,1-2H3,(H,18,20). The van der Waals surface area contributed by atoms with Gasteiger partial charge in [-0.3, -0.25) is 4.79 Å². The van der Waals surface area contributed by atoms with Gasteiger partial charge in [-0.05, 0) is 24.6 Å². The van der Waals surface area contributed by atoms with Crippen molar-refractivity contribution in [3.63, 3.8) is 0 Å². The van der Waals surface area contributed by atoms with Crippen LogP contribution in [0.4, 0.5) is 4.39 Å². The monoisotopic (exact) mass is 293 g/mol. The normalized spacial score (nSPS) is 11.4. The van der Waals surface area contributed by atoms with Gasteiger partial charge in [0.2, 0.25) is 0 Å². The van der Waals surface area contributed by atoms with Gasteiger partial charge in [-0.25, -0.2) is 4.39 Å². The molecule has 0 saturated heterocycles. The number of carbonyl (C=O) groups excluding carboxylic acids is 1. The highest BCUT2D eigenvalue weighted by molar-refractivity contribution is 5.97. The fraction of sp³-hybridized carbons (Fsp3) is 0.438. The largest absolute Gasteiger partial charge is 0.395 e. The zero-order chi connectivity index (χ0) is 15.7. The van der Waals surface area contributed by atoms with Crippen molar-refractivity contribution in [1.82, 2.24) is 5.32 Å². The van der Waals surface area contributed by atoms with E-state index in [1.807, 2.05) is 6.92 Å². The molecule has 114 valence electrons. The van der Waals surface area contributed by atoms with Crippen molar-refractivity contribution in [2.24, 2.45) is 0 Å². The summed E-state index contributed by atoms with van der Waals surface area (Å²) in [4.78, 5) is 12.2. The fourth-order valence-corrected chi connectivity index (χ4v) is 1.75. The Morgan fingerprint density at radius 3 is 2.90 bits per heavy atom. The van der Waals surface area contributed by atoms with E-state index in [1.54, 1.807) is 7.11 Å². The molecule has 0 heterocycles. The number of ether oxygens (including phenoxy) is 1. The number of rotatable bonds is 6. The van der Waals surface area contributed by atoms with Crippen LogP contribution in [0.25, 0.3) is 0 Å². The number of hydrogen-bond acceptors (Lipinski definition) is 3. The summed E-state index contributed by atoms with van der Waals surface area (Å²) in [6, 6.07) is 3.75. The second-order valence-corrected chi connectivity index (χ2v) is 4.50. The smallest absolute Gasteiger partial charge is 0.252 e. The highest BCUT2D eigenvalue weighted by Gasteiger charge is 2.15. The van der Waals surface area contributed by atoms with Gasteiger partial charge in [0.15, 0.2) is 0 Å². The van der Waals surface area contributed by atoms with E-state index in [1.165, 1.54) is 12.1 Å². The average Bonchev–Trinajstić information content (AvgIpc) is 2.48. The molecule has 21 heavy (non-hydrogen) atoms. The molecule has 0 radical (unpaired) electrons. The summed E-state index contributed by atoms with van der Waals surface area (Å²) >= 11 is 0. The Kier molecular flexibility index (Phi) is 7.44. The van der Waals surface area contributed by atoms with E-state index < -0.39 is 5.82 Å². The number of carbonyl (C=O) groups is 1. The Morgan fingerprint density at radius 2 is 2.29 bits per heavy atom. The van der Waals surface area contributed by atoms with Gasteiger partial charge in [0.1, 0.15) is 5.82 Å². The van der Waals surface area contributed by atoms with Gasteiger partial charge >= 0.3 is 0 Å². The summed E-state index contributed by atoms with van der Waals surface area (Å²) in [5.41, 5.74) is 0.629. The molecule has 0 aliphatic carbocycles. The van der Waals surface area contributed by atoms with Crippen LogP contribution in [0.1, 0.15) is 35.7 Å². The Labute approximate surface area is 124 Å². The lowest BCUT2D eigenvalue weighted by molar-refractivity contribution is 0.0894. The predicted molar refractivity (Wildman–Crippen MR) is 78.4 cm³/mol. The van der Waals surface area contributed by atoms with Crippen molar-refractivity contribution in [2.45, 2.75) is 25.8 Å². The van der Waals surface area contributed by atoms with Crippen LogP contribution < -0.4 is 5.32 Å². The number of aliphatic hydroxyl groups is 1. The van der Waals surface area contributed by atoms with Crippen LogP contribution in [0.3, 0.4) is 0 Å². The summed E-state index contributed by atoms with van der Waals surface area (Å²) in [7, 11) is 1.56. The van der Waals surface area contributed by atoms with Gasteiger partial charge in [-0.15, -0.1) is 0 Å². The van der Waals surface area contributed by atoms with Gasteiger partial charge in [0.25, 0.3) is 5.91 Å². The second kappa shape index (κ2) is 9.11.